The Kier molecular flexibility index (Phi) is 13.1. The van der Waals surface area contributed by atoms with Crippen molar-refractivity contribution in [1.29, 1.82) is 0 Å². The topological polar surface area (TPSA) is 108 Å². The molecule has 0 aliphatic carbocycles. The van der Waals surface area contributed by atoms with Gasteiger partial charge in [-0.1, -0.05) is 61.9 Å². The number of aromatic amines is 2. The molecule has 0 unspecified atom stereocenters. The third kappa shape index (κ3) is 8.85. The molecule has 0 radical (unpaired) electrons. The van der Waals surface area contributed by atoms with Crippen LogP contribution < -0.4 is 20.1 Å². The Morgan fingerprint density at radius 1 is 0.827 bits per heavy atom. The molecule has 4 aromatic carbocycles. The lowest BCUT2D eigenvalue weighted by Crippen LogP contribution is -2.25. The first kappa shape index (κ1) is 38.1. The van der Waals surface area contributed by atoms with E-state index in [-0.39, 0.29) is 11.7 Å². The molecular weight excluding hydrogens is 723 g/mol. The lowest BCUT2D eigenvalue weighted by Gasteiger charge is -2.09. The van der Waals surface area contributed by atoms with E-state index in [4.69, 9.17) is 9.47 Å². The average molecular weight is 770 g/mol. The number of hydrogen-bond acceptors (Lipinski definition) is 4. The van der Waals surface area contributed by atoms with E-state index in [1.807, 2.05) is 25.1 Å². The van der Waals surface area contributed by atoms with Crippen LogP contribution in [0.1, 0.15) is 48.9 Å². The predicted molar refractivity (Wildman–Crippen MR) is 212 cm³/mol. The molecular formula is C42H46BrFN4O4. The van der Waals surface area contributed by atoms with Crippen LogP contribution in [0.15, 0.2) is 77.3 Å². The number of benzene rings is 4. The highest BCUT2D eigenvalue weighted by Crippen LogP contribution is 2.37. The molecule has 272 valence electrons. The van der Waals surface area contributed by atoms with Crippen molar-refractivity contribution in [1.82, 2.24) is 20.6 Å². The number of methoxy groups -OCH3 is 2. The summed E-state index contributed by atoms with van der Waals surface area (Å²) in [5.74, 6) is 0.673. The number of aryl methyl sites for hydroxylation is 2. The highest BCUT2D eigenvalue weighted by Gasteiger charge is 2.18. The minimum atomic E-state index is -0.395. The zero-order valence-electron chi connectivity index (χ0n) is 30.3. The summed E-state index contributed by atoms with van der Waals surface area (Å²) in [4.78, 5) is 29.3. The van der Waals surface area contributed by atoms with Gasteiger partial charge < -0.3 is 30.1 Å². The van der Waals surface area contributed by atoms with Crippen molar-refractivity contribution >= 4 is 50.1 Å². The maximum absolute atomic E-state index is 14.2. The van der Waals surface area contributed by atoms with E-state index in [1.54, 1.807) is 13.2 Å². The summed E-state index contributed by atoms with van der Waals surface area (Å²) in [7, 11) is 3.13. The molecule has 10 heteroatoms. The first-order valence-corrected chi connectivity index (χ1v) is 18.4. The van der Waals surface area contributed by atoms with Gasteiger partial charge in [-0.25, -0.2) is 4.39 Å². The highest BCUT2D eigenvalue weighted by molar-refractivity contribution is 9.10. The molecule has 52 heavy (non-hydrogen) atoms. The molecule has 2 heterocycles. The van der Waals surface area contributed by atoms with Crippen molar-refractivity contribution in [2.24, 2.45) is 0 Å². The third-order valence-corrected chi connectivity index (χ3v) is 9.72. The van der Waals surface area contributed by atoms with Gasteiger partial charge in [0, 0.05) is 58.8 Å². The van der Waals surface area contributed by atoms with Crippen LogP contribution in [0, 0.1) is 12.7 Å². The van der Waals surface area contributed by atoms with Crippen LogP contribution in [0.2, 0.25) is 0 Å². The molecule has 2 aromatic heterocycles. The molecule has 8 nitrogen and oxygen atoms in total. The number of ether oxygens (including phenoxy) is 2. The highest BCUT2D eigenvalue weighted by atomic mass is 79.9. The summed E-state index contributed by atoms with van der Waals surface area (Å²) in [5, 5.41) is 7.74. The molecule has 2 amide bonds. The van der Waals surface area contributed by atoms with Gasteiger partial charge >= 0.3 is 0 Å². The van der Waals surface area contributed by atoms with Gasteiger partial charge in [-0.15, -0.1) is 0 Å². The average Bonchev–Trinajstić information content (AvgIpc) is 3.68. The minimum Gasteiger partial charge on any atom is -0.496 e. The Labute approximate surface area is 312 Å². The van der Waals surface area contributed by atoms with Gasteiger partial charge in [-0.2, -0.15) is 0 Å². The third-order valence-electron chi connectivity index (χ3n) is 9.10. The number of hydrogen-bond donors (Lipinski definition) is 4. The number of H-pyrrole nitrogens is 2. The number of carbonyl (C=O) groups is 2. The lowest BCUT2D eigenvalue weighted by molar-refractivity contribution is -0.121. The van der Waals surface area contributed by atoms with Gasteiger partial charge in [0.1, 0.15) is 5.75 Å². The summed E-state index contributed by atoms with van der Waals surface area (Å²) in [5.41, 5.74) is 10.7. The van der Waals surface area contributed by atoms with Crippen molar-refractivity contribution in [2.45, 2.75) is 52.9 Å². The number of rotatable bonds is 14. The molecule has 4 N–H and O–H groups in total. The standard InChI is InChI=1S/C23H27FN2O2.C19H19BrN2O2/c1-4-7-22(27)25-11-10-17-18-13-21(28-3)19(24)14-20(18)26-23(17)16-9-6-8-15(5-2)12-16;1-12-3-5-13(6-4-12)19-14(7-8-21-11-23)15-9-18(24-2)16(20)10-17(15)22-19/h6,8-9,12-14,26H,4-5,7,10-11H2,1-3H3,(H,25,27);3-6,9-11,22H,7-8H2,1-2H3,(H,21,23). The van der Waals surface area contributed by atoms with Crippen molar-refractivity contribution in [3.8, 4) is 34.0 Å². The summed E-state index contributed by atoms with van der Waals surface area (Å²) in [6.07, 6.45) is 4.42. The summed E-state index contributed by atoms with van der Waals surface area (Å²) < 4.78 is 25.7. The fourth-order valence-electron chi connectivity index (χ4n) is 6.39. The molecule has 0 spiro atoms. The number of amides is 2. The van der Waals surface area contributed by atoms with Crippen molar-refractivity contribution in [3.05, 3.63) is 105 Å². The van der Waals surface area contributed by atoms with Gasteiger partial charge in [0.2, 0.25) is 12.3 Å². The smallest absolute Gasteiger partial charge is 0.219 e. The van der Waals surface area contributed by atoms with Gasteiger partial charge in [-0.05, 0) is 101 Å². The molecule has 0 fully saturated rings. The summed E-state index contributed by atoms with van der Waals surface area (Å²) >= 11 is 3.54. The van der Waals surface area contributed by atoms with Gasteiger partial charge in [0.15, 0.2) is 11.6 Å². The van der Waals surface area contributed by atoms with E-state index in [0.29, 0.717) is 25.9 Å². The van der Waals surface area contributed by atoms with Crippen molar-refractivity contribution < 1.29 is 23.5 Å². The van der Waals surface area contributed by atoms with E-state index in [1.165, 1.54) is 29.9 Å². The molecule has 0 bridgehead atoms. The fourth-order valence-corrected chi connectivity index (χ4v) is 6.90. The normalized spacial score (nSPS) is 10.9. The van der Waals surface area contributed by atoms with Crippen LogP contribution in [0.25, 0.3) is 44.3 Å². The maximum atomic E-state index is 14.2. The molecule has 0 saturated heterocycles. The molecule has 0 atom stereocenters. The second kappa shape index (κ2) is 17.9. The Bertz CT molecular complexity index is 2160. The van der Waals surface area contributed by atoms with Gasteiger partial charge in [0.25, 0.3) is 0 Å². The van der Waals surface area contributed by atoms with Gasteiger partial charge in [0.05, 0.1) is 18.7 Å². The Morgan fingerprint density at radius 2 is 1.46 bits per heavy atom. The van der Waals surface area contributed by atoms with E-state index in [2.05, 4.69) is 92.8 Å². The number of nitrogens with one attached hydrogen (secondary N) is 4. The van der Waals surface area contributed by atoms with E-state index >= 15 is 0 Å². The van der Waals surface area contributed by atoms with Crippen LogP contribution in [-0.2, 0) is 28.9 Å². The first-order chi connectivity index (χ1) is 25.2. The number of aromatic nitrogens is 2. The van der Waals surface area contributed by atoms with Crippen LogP contribution in [0.3, 0.4) is 0 Å². The maximum Gasteiger partial charge on any atom is 0.219 e. The number of carbonyl (C=O) groups excluding carboxylic acids is 2. The molecule has 0 saturated carbocycles. The van der Waals surface area contributed by atoms with E-state index in [0.717, 1.165) is 85.8 Å². The van der Waals surface area contributed by atoms with Gasteiger partial charge in [-0.3, -0.25) is 9.59 Å². The Morgan fingerprint density at radius 3 is 2.10 bits per heavy atom. The van der Waals surface area contributed by atoms with E-state index in [9.17, 15) is 14.0 Å². The zero-order chi connectivity index (χ0) is 37.2. The van der Waals surface area contributed by atoms with Crippen LogP contribution >= 0.6 is 15.9 Å². The predicted octanol–water partition coefficient (Wildman–Crippen LogP) is 9.21. The SMILES string of the molecule is CCCC(=O)NCCc1c(-c2cccc(CC)c2)[nH]c2cc(F)c(OC)cc12.COc1cc2c(CCNC=O)c(-c3ccc(C)cc3)[nH]c2cc1Br. The number of fused-ring (bicyclic) bond motifs is 2. The van der Waals surface area contributed by atoms with E-state index < -0.39 is 5.82 Å². The monoisotopic (exact) mass is 768 g/mol. The Balaban J connectivity index is 0.000000203. The molecule has 6 aromatic rings. The first-order valence-electron chi connectivity index (χ1n) is 17.6. The van der Waals surface area contributed by atoms with Crippen LogP contribution in [-0.4, -0.2) is 49.6 Å². The van der Waals surface area contributed by atoms with Crippen molar-refractivity contribution in [3.63, 3.8) is 0 Å². The minimum absolute atomic E-state index is 0.0560. The fraction of sp³-hybridized carbons (Fsp3) is 0.286. The summed E-state index contributed by atoms with van der Waals surface area (Å²) in [6, 6.07) is 24.0. The second-order valence-electron chi connectivity index (χ2n) is 12.6. The zero-order valence-corrected chi connectivity index (χ0v) is 31.9. The molecule has 0 aliphatic rings. The van der Waals surface area contributed by atoms with Crippen LogP contribution in [0.4, 0.5) is 4.39 Å². The molecule has 6 rings (SSSR count). The molecule has 0 aliphatic heterocycles. The number of halogens is 2. The lowest BCUT2D eigenvalue weighted by atomic mass is 10.00. The van der Waals surface area contributed by atoms with Crippen molar-refractivity contribution in [2.75, 3.05) is 27.3 Å². The largest absolute Gasteiger partial charge is 0.496 e. The summed E-state index contributed by atoms with van der Waals surface area (Å²) in [6.45, 7) is 7.30. The second-order valence-corrected chi connectivity index (χ2v) is 13.5. The quantitative estimate of drug-likeness (QED) is 0.0655. The Hall–Kier alpha value is -5.09. The van der Waals surface area contributed by atoms with Crippen LogP contribution in [0.5, 0.6) is 11.5 Å².